The largest absolute Gasteiger partial charge is 0.397 e. The molecule has 0 radical (unpaired) electrons. The zero-order chi connectivity index (χ0) is 10.4. The molecule has 0 saturated carbocycles. The molecule has 1 aromatic heterocycles. The summed E-state index contributed by atoms with van der Waals surface area (Å²) in [6.07, 6.45) is 1.58. The monoisotopic (exact) mass is 211 g/mol. The van der Waals surface area contributed by atoms with Crippen molar-refractivity contribution in [3.05, 3.63) is 18.3 Å². The number of carbonyl (C=O) groups excluding carboxylic acids is 1. The lowest BCUT2D eigenvalue weighted by Crippen LogP contribution is -2.24. The number of nitrogens with one attached hydrogen (secondary N) is 1. The van der Waals surface area contributed by atoms with Gasteiger partial charge in [-0.25, -0.2) is 4.98 Å². The third kappa shape index (κ3) is 3.66. The number of carbonyl (C=O) groups is 1. The summed E-state index contributed by atoms with van der Waals surface area (Å²) in [4.78, 5) is 15.2. The lowest BCUT2D eigenvalue weighted by Gasteiger charge is -2.01. The first-order valence-electron chi connectivity index (χ1n) is 4.33. The number of nitrogens with zero attached hydrogens (tertiary/aromatic N) is 1. The molecule has 4 nitrogen and oxygen atoms in total. The van der Waals surface area contributed by atoms with Gasteiger partial charge in [0.15, 0.2) is 0 Å². The summed E-state index contributed by atoms with van der Waals surface area (Å²) >= 11 is 1.40. The summed E-state index contributed by atoms with van der Waals surface area (Å²) in [5.74, 6) is 0.418. The smallest absolute Gasteiger partial charge is 0.230 e. The topological polar surface area (TPSA) is 68.0 Å². The molecule has 1 aromatic rings. The van der Waals surface area contributed by atoms with Gasteiger partial charge in [0.1, 0.15) is 0 Å². The Morgan fingerprint density at radius 2 is 2.43 bits per heavy atom. The van der Waals surface area contributed by atoms with Crippen LogP contribution in [0.4, 0.5) is 5.69 Å². The van der Waals surface area contributed by atoms with Crippen molar-refractivity contribution in [2.75, 3.05) is 18.0 Å². The Bertz CT molecular complexity index is 299. The highest BCUT2D eigenvalue weighted by Crippen LogP contribution is 2.15. The van der Waals surface area contributed by atoms with Crippen molar-refractivity contribution in [2.24, 2.45) is 0 Å². The maximum atomic E-state index is 11.1. The van der Waals surface area contributed by atoms with Crippen molar-refractivity contribution in [2.45, 2.75) is 11.9 Å². The Balaban J connectivity index is 2.38. The number of rotatable bonds is 4. The highest BCUT2D eigenvalue weighted by molar-refractivity contribution is 7.99. The molecule has 0 spiro atoms. The Hall–Kier alpha value is -1.23. The van der Waals surface area contributed by atoms with Gasteiger partial charge in [0, 0.05) is 6.54 Å². The van der Waals surface area contributed by atoms with E-state index in [1.807, 2.05) is 6.92 Å². The van der Waals surface area contributed by atoms with Gasteiger partial charge in [0.25, 0.3) is 0 Å². The van der Waals surface area contributed by atoms with Crippen LogP contribution in [0.15, 0.2) is 23.4 Å². The summed E-state index contributed by atoms with van der Waals surface area (Å²) in [5, 5.41) is 3.53. The van der Waals surface area contributed by atoms with E-state index in [-0.39, 0.29) is 5.91 Å². The number of amides is 1. The molecular formula is C9H13N3OS. The van der Waals surface area contributed by atoms with E-state index in [2.05, 4.69) is 10.3 Å². The molecule has 0 aromatic carbocycles. The standard InChI is InChI=1S/C9H13N3OS/c1-2-11-8(13)6-14-9-4-3-7(10)5-12-9/h3-5H,2,6,10H2,1H3,(H,11,13). The lowest BCUT2D eigenvalue weighted by molar-refractivity contribution is -0.118. The molecule has 0 aliphatic carbocycles. The lowest BCUT2D eigenvalue weighted by atomic mass is 10.4. The molecule has 0 aliphatic rings. The minimum Gasteiger partial charge on any atom is -0.397 e. The number of anilines is 1. The predicted octanol–water partition coefficient (Wildman–Crippen LogP) is 0.892. The van der Waals surface area contributed by atoms with E-state index in [1.54, 1.807) is 18.3 Å². The van der Waals surface area contributed by atoms with Crippen LogP contribution in [0.25, 0.3) is 0 Å². The average molecular weight is 211 g/mol. The molecule has 3 N–H and O–H groups in total. The van der Waals surface area contributed by atoms with Gasteiger partial charge in [-0.15, -0.1) is 0 Å². The van der Waals surface area contributed by atoms with Crippen molar-refractivity contribution < 1.29 is 4.79 Å². The predicted molar refractivity (Wildman–Crippen MR) is 58.1 cm³/mol. The second-order valence-corrected chi connectivity index (χ2v) is 3.67. The number of hydrogen-bond donors (Lipinski definition) is 2. The van der Waals surface area contributed by atoms with Crippen molar-refractivity contribution in [3.8, 4) is 0 Å². The number of pyridine rings is 1. The first-order valence-corrected chi connectivity index (χ1v) is 5.32. The van der Waals surface area contributed by atoms with Gasteiger partial charge in [-0.2, -0.15) is 0 Å². The fourth-order valence-electron chi connectivity index (χ4n) is 0.865. The molecule has 0 unspecified atom stereocenters. The molecule has 0 fully saturated rings. The molecule has 0 atom stereocenters. The van der Waals surface area contributed by atoms with Crippen LogP contribution in [0, 0.1) is 0 Å². The summed E-state index contributed by atoms with van der Waals surface area (Å²) in [7, 11) is 0. The molecular weight excluding hydrogens is 198 g/mol. The number of nitrogens with two attached hydrogens (primary N) is 1. The van der Waals surface area contributed by atoms with Crippen LogP contribution in [0.5, 0.6) is 0 Å². The normalized spacial score (nSPS) is 9.79. The molecule has 76 valence electrons. The zero-order valence-corrected chi connectivity index (χ0v) is 8.80. The van der Waals surface area contributed by atoms with Crippen molar-refractivity contribution >= 4 is 23.4 Å². The van der Waals surface area contributed by atoms with E-state index in [4.69, 9.17) is 5.73 Å². The highest BCUT2D eigenvalue weighted by atomic mass is 32.2. The van der Waals surface area contributed by atoms with Gasteiger partial charge in [-0.05, 0) is 19.1 Å². The highest BCUT2D eigenvalue weighted by Gasteiger charge is 2.01. The van der Waals surface area contributed by atoms with Crippen LogP contribution in [0.3, 0.4) is 0 Å². The quantitative estimate of drug-likeness (QED) is 0.726. The molecule has 1 amide bonds. The van der Waals surface area contributed by atoms with E-state index in [9.17, 15) is 4.79 Å². The molecule has 0 aliphatic heterocycles. The fourth-order valence-corrected chi connectivity index (χ4v) is 1.54. The Morgan fingerprint density at radius 3 is 3.00 bits per heavy atom. The second-order valence-electron chi connectivity index (χ2n) is 2.67. The molecule has 5 heteroatoms. The minimum absolute atomic E-state index is 0.0242. The van der Waals surface area contributed by atoms with Crippen molar-refractivity contribution in [1.82, 2.24) is 10.3 Å². The SMILES string of the molecule is CCNC(=O)CSc1ccc(N)cn1. The van der Waals surface area contributed by atoms with Crippen molar-refractivity contribution in [3.63, 3.8) is 0 Å². The maximum Gasteiger partial charge on any atom is 0.230 e. The van der Waals surface area contributed by atoms with Gasteiger partial charge in [-0.1, -0.05) is 11.8 Å². The maximum absolute atomic E-state index is 11.1. The summed E-state index contributed by atoms with van der Waals surface area (Å²) in [5.41, 5.74) is 6.11. The third-order valence-corrected chi connectivity index (χ3v) is 2.43. The van der Waals surface area contributed by atoms with Crippen LogP contribution >= 0.6 is 11.8 Å². The first-order chi connectivity index (χ1) is 6.72. The van der Waals surface area contributed by atoms with Crippen LogP contribution in [-0.2, 0) is 4.79 Å². The minimum atomic E-state index is 0.0242. The number of nitrogen functional groups attached to an aromatic ring is 1. The Morgan fingerprint density at radius 1 is 1.64 bits per heavy atom. The zero-order valence-electron chi connectivity index (χ0n) is 7.99. The molecule has 0 bridgehead atoms. The van der Waals surface area contributed by atoms with Gasteiger partial charge >= 0.3 is 0 Å². The van der Waals surface area contributed by atoms with Gasteiger partial charge in [-0.3, -0.25) is 4.79 Å². The summed E-state index contributed by atoms with van der Waals surface area (Å²) < 4.78 is 0. The van der Waals surface area contributed by atoms with Crippen LogP contribution < -0.4 is 11.1 Å². The van der Waals surface area contributed by atoms with E-state index in [0.717, 1.165) is 5.03 Å². The van der Waals surface area contributed by atoms with Gasteiger partial charge < -0.3 is 11.1 Å². The fraction of sp³-hybridized carbons (Fsp3) is 0.333. The molecule has 1 rings (SSSR count). The molecule has 0 saturated heterocycles. The van der Waals surface area contributed by atoms with Crippen molar-refractivity contribution in [1.29, 1.82) is 0 Å². The Kier molecular flexibility index (Phi) is 4.25. The molecule has 14 heavy (non-hydrogen) atoms. The van der Waals surface area contributed by atoms with E-state index < -0.39 is 0 Å². The Labute approximate surface area is 87.3 Å². The third-order valence-electron chi connectivity index (χ3n) is 1.48. The number of aromatic nitrogens is 1. The summed E-state index contributed by atoms with van der Waals surface area (Å²) in [6.45, 7) is 2.55. The van der Waals surface area contributed by atoms with Crippen LogP contribution in [-0.4, -0.2) is 23.2 Å². The average Bonchev–Trinajstić information content (AvgIpc) is 2.17. The number of thioether (sulfide) groups is 1. The number of hydrogen-bond acceptors (Lipinski definition) is 4. The first kappa shape index (κ1) is 10.8. The van der Waals surface area contributed by atoms with Crippen LogP contribution in [0.2, 0.25) is 0 Å². The second kappa shape index (κ2) is 5.49. The van der Waals surface area contributed by atoms with Crippen LogP contribution in [0.1, 0.15) is 6.92 Å². The summed E-state index contributed by atoms with van der Waals surface area (Å²) in [6, 6.07) is 3.58. The molecule has 1 heterocycles. The van der Waals surface area contributed by atoms with E-state index in [0.29, 0.717) is 18.0 Å². The van der Waals surface area contributed by atoms with Gasteiger partial charge in [0.2, 0.25) is 5.91 Å². The van der Waals surface area contributed by atoms with E-state index >= 15 is 0 Å². The van der Waals surface area contributed by atoms with E-state index in [1.165, 1.54) is 11.8 Å². The van der Waals surface area contributed by atoms with Gasteiger partial charge in [0.05, 0.1) is 22.7 Å².